The van der Waals surface area contributed by atoms with Crippen LogP contribution in [0.1, 0.15) is 24.2 Å². The van der Waals surface area contributed by atoms with Crippen LogP contribution < -0.4 is 5.32 Å². The van der Waals surface area contributed by atoms with Crippen molar-refractivity contribution in [3.05, 3.63) is 22.5 Å². The Morgan fingerprint density at radius 3 is 2.71 bits per heavy atom. The molecule has 94 valence electrons. The highest BCUT2D eigenvalue weighted by Gasteiger charge is 2.44. The van der Waals surface area contributed by atoms with E-state index >= 15 is 0 Å². The lowest BCUT2D eigenvalue weighted by atomic mass is 9.82. The second kappa shape index (κ2) is 4.01. The van der Waals surface area contributed by atoms with E-state index in [0.29, 0.717) is 0 Å². The van der Waals surface area contributed by atoms with Gasteiger partial charge in [0.1, 0.15) is 0 Å². The van der Waals surface area contributed by atoms with Crippen LogP contribution in [0.5, 0.6) is 0 Å². The Bertz CT molecular complexity index is 432. The van der Waals surface area contributed by atoms with Gasteiger partial charge in [0.15, 0.2) is 0 Å². The molecule has 3 rings (SSSR count). The first-order chi connectivity index (χ1) is 8.15. The van der Waals surface area contributed by atoms with Crippen LogP contribution in [-0.2, 0) is 12.1 Å². The van der Waals surface area contributed by atoms with Gasteiger partial charge in [-0.05, 0) is 46.0 Å². The zero-order valence-electron chi connectivity index (χ0n) is 10.6. The summed E-state index contributed by atoms with van der Waals surface area (Å²) in [4.78, 5) is 2.51. The summed E-state index contributed by atoms with van der Waals surface area (Å²) in [7, 11) is 2.24. The Labute approximate surface area is 108 Å². The molecule has 1 N–H and O–H groups in total. The van der Waals surface area contributed by atoms with Gasteiger partial charge in [-0.15, -0.1) is 0 Å². The predicted molar refractivity (Wildman–Crippen MR) is 70.6 cm³/mol. The summed E-state index contributed by atoms with van der Waals surface area (Å²) in [6.07, 6.45) is 2.32. The summed E-state index contributed by atoms with van der Waals surface area (Å²) < 4.78 is 2.42. The molecule has 2 aliphatic heterocycles. The lowest BCUT2D eigenvalue weighted by Gasteiger charge is -2.49. The van der Waals surface area contributed by atoms with Gasteiger partial charge in [0.2, 0.25) is 0 Å². The minimum atomic E-state index is 0.162. The van der Waals surface area contributed by atoms with Crippen LogP contribution in [-0.4, -0.2) is 36.1 Å². The van der Waals surface area contributed by atoms with E-state index in [-0.39, 0.29) is 5.54 Å². The van der Waals surface area contributed by atoms with E-state index in [1.807, 2.05) is 0 Å². The number of hydrogen-bond donors (Lipinski definition) is 1. The molecule has 1 aromatic rings. The topological polar surface area (TPSA) is 20.2 Å². The van der Waals surface area contributed by atoms with Gasteiger partial charge in [-0.25, -0.2) is 0 Å². The van der Waals surface area contributed by atoms with Crippen LogP contribution in [0.4, 0.5) is 0 Å². The first-order valence-electron chi connectivity index (χ1n) is 6.43. The molecule has 1 fully saturated rings. The van der Waals surface area contributed by atoms with E-state index in [4.69, 9.17) is 11.6 Å². The average molecular weight is 254 g/mol. The second-order valence-corrected chi connectivity index (χ2v) is 5.74. The number of halogens is 1. The highest BCUT2D eigenvalue weighted by atomic mass is 35.5. The monoisotopic (exact) mass is 253 g/mol. The molecular formula is C13H20ClN3. The number of rotatable bonds is 0. The molecule has 4 heteroatoms. The molecule has 0 unspecified atom stereocenters. The number of likely N-dealkylation sites (N-methyl/N-ethyl adjacent to an activating group) is 1. The third-order valence-corrected chi connectivity index (χ3v) is 4.81. The van der Waals surface area contributed by atoms with Crippen LogP contribution >= 0.6 is 11.6 Å². The molecule has 2 aliphatic rings. The van der Waals surface area contributed by atoms with E-state index in [1.165, 1.54) is 11.4 Å². The van der Waals surface area contributed by atoms with Crippen LogP contribution in [0.25, 0.3) is 0 Å². The molecule has 1 spiro atoms. The number of nitrogens with one attached hydrogen (secondary N) is 1. The molecule has 1 aromatic heterocycles. The SMILES string of the molecule is Cc1cc(Cl)c2n1CCN(C)C21CCNCC1. The van der Waals surface area contributed by atoms with Crippen molar-refractivity contribution in [1.82, 2.24) is 14.8 Å². The number of fused-ring (bicyclic) bond motifs is 2. The van der Waals surface area contributed by atoms with Gasteiger partial charge in [-0.2, -0.15) is 0 Å². The lowest BCUT2D eigenvalue weighted by Crippen LogP contribution is -2.55. The zero-order chi connectivity index (χ0) is 12.0. The maximum atomic E-state index is 6.48. The molecule has 0 aromatic carbocycles. The summed E-state index contributed by atoms with van der Waals surface area (Å²) in [5.74, 6) is 0. The quantitative estimate of drug-likeness (QED) is 0.763. The van der Waals surface area contributed by atoms with E-state index in [2.05, 4.69) is 34.8 Å². The third-order valence-electron chi connectivity index (χ3n) is 4.52. The number of piperidine rings is 1. The summed E-state index contributed by atoms with van der Waals surface area (Å²) in [5, 5.41) is 4.41. The van der Waals surface area contributed by atoms with Crippen molar-refractivity contribution in [3.8, 4) is 0 Å². The Morgan fingerprint density at radius 1 is 1.29 bits per heavy atom. The zero-order valence-corrected chi connectivity index (χ0v) is 11.3. The van der Waals surface area contributed by atoms with Gasteiger partial charge >= 0.3 is 0 Å². The fourth-order valence-corrected chi connectivity index (χ4v) is 3.94. The van der Waals surface area contributed by atoms with Gasteiger partial charge in [0, 0.05) is 18.8 Å². The summed E-state index contributed by atoms with van der Waals surface area (Å²) >= 11 is 6.48. The summed E-state index contributed by atoms with van der Waals surface area (Å²) in [5.41, 5.74) is 2.82. The first-order valence-corrected chi connectivity index (χ1v) is 6.81. The molecule has 17 heavy (non-hydrogen) atoms. The van der Waals surface area contributed by atoms with Crippen LogP contribution in [0, 0.1) is 6.92 Å². The molecule has 3 heterocycles. The van der Waals surface area contributed by atoms with Crippen molar-refractivity contribution in [1.29, 1.82) is 0 Å². The van der Waals surface area contributed by atoms with E-state index in [1.54, 1.807) is 0 Å². The standard InChI is InChI=1S/C13H20ClN3/c1-10-9-11(14)12-13(3-5-15-6-4-13)16(2)7-8-17(10)12/h9,15H,3-8H2,1-2H3. The third kappa shape index (κ3) is 1.56. The Morgan fingerprint density at radius 2 is 2.00 bits per heavy atom. The van der Waals surface area contributed by atoms with Crippen molar-refractivity contribution in [3.63, 3.8) is 0 Å². The summed E-state index contributed by atoms with van der Waals surface area (Å²) in [6.45, 7) is 6.53. The van der Waals surface area contributed by atoms with Crippen LogP contribution in [0.3, 0.4) is 0 Å². The highest BCUT2D eigenvalue weighted by Crippen LogP contribution is 2.43. The predicted octanol–water partition coefficient (Wildman–Crippen LogP) is 1.97. The highest BCUT2D eigenvalue weighted by molar-refractivity contribution is 6.31. The average Bonchev–Trinajstić information content (AvgIpc) is 2.62. The van der Waals surface area contributed by atoms with E-state index < -0.39 is 0 Å². The van der Waals surface area contributed by atoms with Crippen molar-refractivity contribution in [2.24, 2.45) is 0 Å². The maximum Gasteiger partial charge on any atom is 0.0651 e. The molecule has 0 atom stereocenters. The number of nitrogens with zero attached hydrogens (tertiary/aromatic N) is 2. The Balaban J connectivity index is 2.15. The van der Waals surface area contributed by atoms with E-state index in [9.17, 15) is 0 Å². The molecule has 0 bridgehead atoms. The molecule has 3 nitrogen and oxygen atoms in total. The normalized spacial score (nSPS) is 23.9. The van der Waals surface area contributed by atoms with Gasteiger partial charge in [-0.3, -0.25) is 4.90 Å². The first kappa shape index (κ1) is 11.6. The Hall–Kier alpha value is -0.510. The molecule has 0 saturated carbocycles. The van der Waals surface area contributed by atoms with Crippen molar-refractivity contribution >= 4 is 11.6 Å². The van der Waals surface area contributed by atoms with Crippen molar-refractivity contribution in [2.75, 3.05) is 26.7 Å². The molecule has 0 amide bonds. The fraction of sp³-hybridized carbons (Fsp3) is 0.692. The van der Waals surface area contributed by atoms with Gasteiger partial charge in [0.05, 0.1) is 16.3 Å². The molecule has 0 radical (unpaired) electrons. The van der Waals surface area contributed by atoms with Crippen LogP contribution in [0.2, 0.25) is 5.02 Å². The van der Waals surface area contributed by atoms with Crippen LogP contribution in [0.15, 0.2) is 6.07 Å². The molecular weight excluding hydrogens is 234 g/mol. The minimum Gasteiger partial charge on any atom is -0.345 e. The number of aryl methyl sites for hydroxylation is 1. The number of hydrogen-bond acceptors (Lipinski definition) is 2. The maximum absolute atomic E-state index is 6.48. The summed E-state index contributed by atoms with van der Waals surface area (Å²) in [6, 6.07) is 2.12. The van der Waals surface area contributed by atoms with E-state index in [0.717, 1.165) is 44.0 Å². The van der Waals surface area contributed by atoms with Crippen molar-refractivity contribution in [2.45, 2.75) is 31.8 Å². The largest absolute Gasteiger partial charge is 0.345 e. The Kier molecular flexibility index (Phi) is 2.73. The second-order valence-electron chi connectivity index (χ2n) is 5.34. The van der Waals surface area contributed by atoms with Gasteiger partial charge < -0.3 is 9.88 Å². The van der Waals surface area contributed by atoms with Crippen molar-refractivity contribution < 1.29 is 0 Å². The lowest BCUT2D eigenvalue weighted by molar-refractivity contribution is 0.0479. The van der Waals surface area contributed by atoms with Gasteiger partial charge in [-0.1, -0.05) is 11.6 Å². The fourth-order valence-electron chi connectivity index (χ4n) is 3.50. The number of aromatic nitrogens is 1. The van der Waals surface area contributed by atoms with Gasteiger partial charge in [0.25, 0.3) is 0 Å². The smallest absolute Gasteiger partial charge is 0.0651 e. The molecule has 0 aliphatic carbocycles. The minimum absolute atomic E-state index is 0.162. The molecule has 1 saturated heterocycles.